The number of aromatic hydroxyl groups is 1. The third-order valence-corrected chi connectivity index (χ3v) is 5.11. The molecular formula is C25H21FN2O4. The minimum atomic E-state index is -0.491. The maximum atomic E-state index is 13.1. The van der Waals surface area contributed by atoms with Crippen molar-refractivity contribution in [3.63, 3.8) is 0 Å². The number of hydrogen-bond acceptors (Lipinski definition) is 6. The molecule has 0 amide bonds. The van der Waals surface area contributed by atoms with Gasteiger partial charge in [0.2, 0.25) is 5.88 Å². The number of rotatable bonds is 6. The SMILES string of the molecule is CCOc1cc(C2C(C#N)=C(N)Oc3cc(O)ccc32)ccc1OCc1ccc(F)cc1. The van der Waals surface area contributed by atoms with E-state index in [9.17, 15) is 14.8 Å². The number of hydrogen-bond donors (Lipinski definition) is 2. The van der Waals surface area contributed by atoms with Gasteiger partial charge in [0, 0.05) is 11.6 Å². The first-order valence-corrected chi connectivity index (χ1v) is 10.0. The van der Waals surface area contributed by atoms with Crippen molar-refractivity contribution < 1.29 is 23.7 Å². The molecule has 1 aliphatic heterocycles. The summed E-state index contributed by atoms with van der Waals surface area (Å²) in [5.74, 6) is 0.651. The van der Waals surface area contributed by atoms with E-state index in [-0.39, 0.29) is 29.6 Å². The number of phenolic OH excluding ortho intramolecular Hbond substituents is 1. The maximum absolute atomic E-state index is 13.1. The van der Waals surface area contributed by atoms with Crippen LogP contribution in [0.3, 0.4) is 0 Å². The van der Waals surface area contributed by atoms with Crippen molar-refractivity contribution in [2.75, 3.05) is 6.61 Å². The van der Waals surface area contributed by atoms with Gasteiger partial charge in [-0.3, -0.25) is 0 Å². The van der Waals surface area contributed by atoms with Crippen LogP contribution < -0.4 is 19.9 Å². The summed E-state index contributed by atoms with van der Waals surface area (Å²) >= 11 is 0. The van der Waals surface area contributed by atoms with Crippen molar-refractivity contribution in [1.29, 1.82) is 5.26 Å². The molecule has 0 aromatic heterocycles. The van der Waals surface area contributed by atoms with Crippen LogP contribution in [0.4, 0.5) is 4.39 Å². The zero-order chi connectivity index (χ0) is 22.7. The van der Waals surface area contributed by atoms with Crippen LogP contribution in [-0.4, -0.2) is 11.7 Å². The Balaban J connectivity index is 1.70. The highest BCUT2D eigenvalue weighted by Crippen LogP contribution is 2.45. The number of benzene rings is 3. The lowest BCUT2D eigenvalue weighted by molar-refractivity contribution is 0.269. The fourth-order valence-corrected chi connectivity index (χ4v) is 3.62. The van der Waals surface area contributed by atoms with E-state index in [0.717, 1.165) is 11.1 Å². The molecule has 0 saturated carbocycles. The molecule has 6 nitrogen and oxygen atoms in total. The van der Waals surface area contributed by atoms with E-state index in [1.807, 2.05) is 13.0 Å². The van der Waals surface area contributed by atoms with Gasteiger partial charge < -0.3 is 25.1 Å². The summed E-state index contributed by atoms with van der Waals surface area (Å²) in [6.07, 6.45) is 0. The second-order valence-corrected chi connectivity index (χ2v) is 7.20. The van der Waals surface area contributed by atoms with Crippen LogP contribution in [0.2, 0.25) is 0 Å². The van der Waals surface area contributed by atoms with Gasteiger partial charge in [-0.1, -0.05) is 24.3 Å². The standard InChI is InChI=1S/C25H21FN2O4/c1-2-30-23-11-16(5-10-21(23)31-14-15-3-6-17(26)7-4-15)24-19-9-8-18(29)12-22(19)32-25(28)20(24)13-27/h3-12,24,29H,2,14,28H2,1H3. The molecule has 0 saturated heterocycles. The van der Waals surface area contributed by atoms with Crippen LogP contribution in [-0.2, 0) is 6.61 Å². The van der Waals surface area contributed by atoms with E-state index in [0.29, 0.717) is 29.4 Å². The average Bonchev–Trinajstić information content (AvgIpc) is 2.78. The van der Waals surface area contributed by atoms with Gasteiger partial charge in [0.05, 0.1) is 12.5 Å². The van der Waals surface area contributed by atoms with Crippen molar-refractivity contribution in [1.82, 2.24) is 0 Å². The quantitative estimate of drug-likeness (QED) is 0.585. The predicted molar refractivity (Wildman–Crippen MR) is 116 cm³/mol. The molecule has 4 rings (SSSR count). The number of ether oxygens (including phenoxy) is 3. The van der Waals surface area contributed by atoms with Crippen molar-refractivity contribution in [3.05, 3.63) is 94.6 Å². The molecule has 0 aliphatic carbocycles. The minimum absolute atomic E-state index is 0.00908. The minimum Gasteiger partial charge on any atom is -0.508 e. The number of halogens is 1. The van der Waals surface area contributed by atoms with Gasteiger partial charge in [-0.15, -0.1) is 0 Å². The summed E-state index contributed by atoms with van der Waals surface area (Å²) in [5.41, 5.74) is 8.56. The van der Waals surface area contributed by atoms with Gasteiger partial charge >= 0.3 is 0 Å². The molecule has 0 fully saturated rings. The van der Waals surface area contributed by atoms with Crippen molar-refractivity contribution >= 4 is 0 Å². The molecular weight excluding hydrogens is 411 g/mol. The normalized spacial score (nSPS) is 14.8. The number of nitrogens with two attached hydrogens (primary N) is 1. The fraction of sp³-hybridized carbons (Fsp3) is 0.160. The second kappa shape index (κ2) is 8.90. The molecule has 0 spiro atoms. The predicted octanol–water partition coefficient (Wildman–Crippen LogP) is 4.73. The monoisotopic (exact) mass is 432 g/mol. The lowest BCUT2D eigenvalue weighted by Crippen LogP contribution is -2.21. The highest BCUT2D eigenvalue weighted by atomic mass is 19.1. The first-order chi connectivity index (χ1) is 15.5. The Hall–Kier alpha value is -4.18. The number of nitriles is 1. The number of phenols is 1. The van der Waals surface area contributed by atoms with E-state index in [2.05, 4.69) is 6.07 Å². The molecule has 1 aliphatic rings. The van der Waals surface area contributed by atoms with Gasteiger partial charge in [-0.25, -0.2) is 4.39 Å². The molecule has 3 aromatic rings. The molecule has 3 aromatic carbocycles. The highest BCUT2D eigenvalue weighted by molar-refractivity contribution is 5.58. The third kappa shape index (κ3) is 4.16. The molecule has 1 atom stereocenters. The topological polar surface area (TPSA) is 97.7 Å². The van der Waals surface area contributed by atoms with Crippen LogP contribution >= 0.6 is 0 Å². The largest absolute Gasteiger partial charge is 0.508 e. The van der Waals surface area contributed by atoms with Gasteiger partial charge in [0.15, 0.2) is 11.5 Å². The van der Waals surface area contributed by atoms with Crippen LogP contribution in [0.5, 0.6) is 23.0 Å². The molecule has 32 heavy (non-hydrogen) atoms. The van der Waals surface area contributed by atoms with Crippen LogP contribution in [0, 0.1) is 17.1 Å². The van der Waals surface area contributed by atoms with Gasteiger partial charge in [0.1, 0.15) is 35.6 Å². The Morgan fingerprint density at radius 3 is 2.56 bits per heavy atom. The van der Waals surface area contributed by atoms with E-state index >= 15 is 0 Å². The Bertz CT molecular complexity index is 1220. The van der Waals surface area contributed by atoms with Crippen LogP contribution in [0.1, 0.15) is 29.5 Å². The molecule has 162 valence electrons. The fourth-order valence-electron chi connectivity index (χ4n) is 3.62. The van der Waals surface area contributed by atoms with E-state index in [4.69, 9.17) is 19.9 Å². The zero-order valence-corrected chi connectivity index (χ0v) is 17.3. The molecule has 1 heterocycles. The summed E-state index contributed by atoms with van der Waals surface area (Å²) in [7, 11) is 0. The molecule has 0 radical (unpaired) electrons. The summed E-state index contributed by atoms with van der Waals surface area (Å²) in [5, 5.41) is 19.5. The Labute approximate surface area is 184 Å². The lowest BCUT2D eigenvalue weighted by atomic mass is 9.83. The van der Waals surface area contributed by atoms with Gasteiger partial charge in [0.25, 0.3) is 0 Å². The zero-order valence-electron chi connectivity index (χ0n) is 17.3. The summed E-state index contributed by atoms with van der Waals surface area (Å²) in [6, 6.07) is 18.3. The Morgan fingerprint density at radius 2 is 1.84 bits per heavy atom. The van der Waals surface area contributed by atoms with E-state index in [1.54, 1.807) is 30.3 Å². The summed E-state index contributed by atoms with van der Waals surface area (Å²) < 4.78 is 30.4. The van der Waals surface area contributed by atoms with Crippen LogP contribution in [0.15, 0.2) is 72.1 Å². The van der Waals surface area contributed by atoms with Crippen molar-refractivity contribution in [2.24, 2.45) is 5.73 Å². The molecule has 1 unspecified atom stereocenters. The Morgan fingerprint density at radius 1 is 1.06 bits per heavy atom. The van der Waals surface area contributed by atoms with E-state index < -0.39 is 5.92 Å². The molecule has 3 N–H and O–H groups in total. The average molecular weight is 432 g/mol. The first kappa shape index (κ1) is 21.1. The van der Waals surface area contributed by atoms with Crippen LogP contribution in [0.25, 0.3) is 0 Å². The van der Waals surface area contributed by atoms with Crippen molar-refractivity contribution in [2.45, 2.75) is 19.4 Å². The number of nitrogens with zero attached hydrogens (tertiary/aromatic N) is 1. The number of fused-ring (bicyclic) bond motifs is 1. The van der Waals surface area contributed by atoms with E-state index in [1.165, 1.54) is 24.3 Å². The second-order valence-electron chi connectivity index (χ2n) is 7.20. The first-order valence-electron chi connectivity index (χ1n) is 10.0. The summed E-state index contributed by atoms with van der Waals surface area (Å²) in [4.78, 5) is 0. The number of allylic oxidation sites excluding steroid dienone is 1. The molecule has 7 heteroatoms. The van der Waals surface area contributed by atoms with Gasteiger partial charge in [-0.2, -0.15) is 5.26 Å². The maximum Gasteiger partial charge on any atom is 0.205 e. The van der Waals surface area contributed by atoms with Crippen molar-refractivity contribution in [3.8, 4) is 29.1 Å². The lowest BCUT2D eigenvalue weighted by Gasteiger charge is -2.27. The third-order valence-electron chi connectivity index (χ3n) is 5.11. The summed E-state index contributed by atoms with van der Waals surface area (Å²) in [6.45, 7) is 2.52. The molecule has 0 bridgehead atoms. The van der Waals surface area contributed by atoms with Gasteiger partial charge in [-0.05, 0) is 48.4 Å². The Kier molecular flexibility index (Phi) is 5.86. The smallest absolute Gasteiger partial charge is 0.205 e. The highest BCUT2D eigenvalue weighted by Gasteiger charge is 2.31.